The molecule has 0 N–H and O–H groups in total. The number of furan rings is 1. The zero-order valence-electron chi connectivity index (χ0n) is 9.05. The molecule has 1 aliphatic heterocycles. The van der Waals surface area contributed by atoms with E-state index in [9.17, 15) is 4.79 Å². The summed E-state index contributed by atoms with van der Waals surface area (Å²) >= 11 is 1.97. The maximum absolute atomic E-state index is 11.4. The predicted octanol–water partition coefficient (Wildman–Crippen LogP) is 1.49. The van der Waals surface area contributed by atoms with E-state index in [1.165, 1.54) is 24.0 Å². The van der Waals surface area contributed by atoms with Crippen molar-refractivity contribution in [2.24, 2.45) is 0 Å². The molecule has 0 radical (unpaired) electrons. The van der Waals surface area contributed by atoms with Crippen molar-refractivity contribution in [3.63, 3.8) is 0 Å². The molecule has 1 fully saturated rings. The lowest BCUT2D eigenvalue weighted by molar-refractivity contribution is 0.0465. The molecule has 88 valence electrons. The van der Waals surface area contributed by atoms with E-state index < -0.39 is 0 Å². The molecule has 0 amide bonds. The summed E-state index contributed by atoms with van der Waals surface area (Å²) in [7, 11) is 0. The van der Waals surface area contributed by atoms with E-state index >= 15 is 0 Å². The van der Waals surface area contributed by atoms with Crippen LogP contribution < -0.4 is 0 Å². The lowest BCUT2D eigenvalue weighted by atomic mass is 10.3. The Hall–Kier alpha value is -0.940. The first-order valence-corrected chi connectivity index (χ1v) is 6.51. The minimum atomic E-state index is -0.305. The predicted molar refractivity (Wildman–Crippen MR) is 62.8 cm³/mol. The Morgan fingerprint density at radius 2 is 2.31 bits per heavy atom. The molecular weight excluding hydrogens is 226 g/mol. The van der Waals surface area contributed by atoms with Crippen molar-refractivity contribution in [3.8, 4) is 0 Å². The zero-order valence-corrected chi connectivity index (χ0v) is 9.87. The van der Waals surface area contributed by atoms with Gasteiger partial charge in [-0.2, -0.15) is 11.8 Å². The second kappa shape index (κ2) is 5.96. The molecule has 0 aromatic carbocycles. The third kappa shape index (κ3) is 3.28. The molecule has 1 saturated heterocycles. The summed E-state index contributed by atoms with van der Waals surface area (Å²) in [6.45, 7) is 3.46. The Morgan fingerprint density at radius 3 is 3.00 bits per heavy atom. The summed E-state index contributed by atoms with van der Waals surface area (Å²) in [5.41, 5.74) is 0.481. The van der Waals surface area contributed by atoms with Crippen LogP contribution in [0.5, 0.6) is 0 Å². The summed E-state index contributed by atoms with van der Waals surface area (Å²) in [6.07, 6.45) is 2.87. The third-order valence-electron chi connectivity index (χ3n) is 2.50. The van der Waals surface area contributed by atoms with E-state index in [4.69, 9.17) is 9.15 Å². The van der Waals surface area contributed by atoms with Gasteiger partial charge in [0.1, 0.15) is 12.9 Å². The Bertz CT molecular complexity index is 320. The van der Waals surface area contributed by atoms with Gasteiger partial charge in [-0.05, 0) is 6.07 Å². The SMILES string of the molecule is O=C(OCCN1CCSCC1)c1ccoc1. The highest BCUT2D eigenvalue weighted by Gasteiger charge is 2.12. The number of ether oxygens (including phenoxy) is 1. The second-order valence-corrected chi connectivity index (χ2v) is 4.83. The number of carbonyl (C=O) groups excluding carboxylic acids is 1. The number of carbonyl (C=O) groups is 1. The van der Waals surface area contributed by atoms with E-state index in [1.807, 2.05) is 11.8 Å². The second-order valence-electron chi connectivity index (χ2n) is 3.60. The van der Waals surface area contributed by atoms with Gasteiger partial charge in [0, 0.05) is 31.1 Å². The quantitative estimate of drug-likeness (QED) is 0.747. The lowest BCUT2D eigenvalue weighted by Gasteiger charge is -2.25. The largest absolute Gasteiger partial charge is 0.472 e. The molecule has 1 aliphatic rings. The maximum atomic E-state index is 11.4. The van der Waals surface area contributed by atoms with Gasteiger partial charge in [0.05, 0.1) is 11.8 Å². The van der Waals surface area contributed by atoms with Gasteiger partial charge in [0.25, 0.3) is 0 Å². The highest BCUT2D eigenvalue weighted by Crippen LogP contribution is 2.08. The number of rotatable bonds is 4. The van der Waals surface area contributed by atoms with Gasteiger partial charge in [-0.15, -0.1) is 0 Å². The van der Waals surface area contributed by atoms with Crippen LogP contribution in [0.2, 0.25) is 0 Å². The normalized spacial score (nSPS) is 17.2. The molecule has 1 aromatic rings. The third-order valence-corrected chi connectivity index (χ3v) is 3.44. The molecule has 2 heterocycles. The molecule has 0 saturated carbocycles. The standard InChI is InChI=1S/C11H15NO3S/c13-11(10-1-5-14-9-10)15-6-2-12-3-7-16-8-4-12/h1,5,9H,2-4,6-8H2. The average Bonchev–Trinajstić information content (AvgIpc) is 2.84. The van der Waals surface area contributed by atoms with E-state index in [0.717, 1.165) is 19.6 Å². The maximum Gasteiger partial charge on any atom is 0.341 e. The van der Waals surface area contributed by atoms with Crippen molar-refractivity contribution in [2.45, 2.75) is 0 Å². The van der Waals surface area contributed by atoms with E-state index in [1.54, 1.807) is 6.07 Å². The highest BCUT2D eigenvalue weighted by molar-refractivity contribution is 7.99. The van der Waals surface area contributed by atoms with Gasteiger partial charge in [-0.1, -0.05) is 0 Å². The first kappa shape index (κ1) is 11.5. The summed E-state index contributed by atoms with van der Waals surface area (Å²) in [4.78, 5) is 13.8. The number of hydrogen-bond donors (Lipinski definition) is 0. The van der Waals surface area contributed by atoms with Crippen LogP contribution in [-0.4, -0.2) is 48.6 Å². The first-order chi connectivity index (χ1) is 7.86. The van der Waals surface area contributed by atoms with Crippen LogP contribution in [0.15, 0.2) is 23.0 Å². The van der Waals surface area contributed by atoms with Crippen LogP contribution in [0.4, 0.5) is 0 Å². The Balaban J connectivity index is 1.66. The van der Waals surface area contributed by atoms with Gasteiger partial charge in [-0.3, -0.25) is 4.90 Å². The molecule has 0 spiro atoms. The minimum Gasteiger partial charge on any atom is -0.472 e. The minimum absolute atomic E-state index is 0.305. The van der Waals surface area contributed by atoms with Gasteiger partial charge in [0.2, 0.25) is 0 Å². The highest BCUT2D eigenvalue weighted by atomic mass is 32.2. The Kier molecular flexibility index (Phi) is 4.30. The average molecular weight is 241 g/mol. The molecule has 5 heteroatoms. The van der Waals surface area contributed by atoms with Crippen LogP contribution in [0, 0.1) is 0 Å². The van der Waals surface area contributed by atoms with Crippen LogP contribution >= 0.6 is 11.8 Å². The van der Waals surface area contributed by atoms with E-state index in [2.05, 4.69) is 4.90 Å². The number of nitrogens with zero attached hydrogens (tertiary/aromatic N) is 1. The summed E-state index contributed by atoms with van der Waals surface area (Å²) in [5.74, 6) is 2.05. The monoisotopic (exact) mass is 241 g/mol. The van der Waals surface area contributed by atoms with Gasteiger partial charge in [0.15, 0.2) is 0 Å². The fourth-order valence-corrected chi connectivity index (χ4v) is 2.53. The molecule has 1 aromatic heterocycles. The van der Waals surface area contributed by atoms with Gasteiger partial charge < -0.3 is 9.15 Å². The lowest BCUT2D eigenvalue weighted by Crippen LogP contribution is -2.35. The fraction of sp³-hybridized carbons (Fsp3) is 0.545. The topological polar surface area (TPSA) is 42.7 Å². The van der Waals surface area contributed by atoms with Crippen molar-refractivity contribution < 1.29 is 13.9 Å². The number of hydrogen-bond acceptors (Lipinski definition) is 5. The van der Waals surface area contributed by atoms with Crippen LogP contribution in [0.1, 0.15) is 10.4 Å². The molecule has 0 unspecified atom stereocenters. The molecule has 0 aliphatic carbocycles. The van der Waals surface area contributed by atoms with Crippen molar-refractivity contribution in [3.05, 3.63) is 24.2 Å². The molecule has 0 atom stereocenters. The molecular formula is C11H15NO3S. The van der Waals surface area contributed by atoms with Crippen molar-refractivity contribution in [1.82, 2.24) is 4.90 Å². The number of thioether (sulfide) groups is 1. The van der Waals surface area contributed by atoms with E-state index in [0.29, 0.717) is 12.2 Å². The Labute approximate surface area is 98.9 Å². The molecule has 16 heavy (non-hydrogen) atoms. The summed E-state index contributed by atoms with van der Waals surface area (Å²) in [6, 6.07) is 1.61. The molecule has 2 rings (SSSR count). The van der Waals surface area contributed by atoms with Crippen LogP contribution in [0.25, 0.3) is 0 Å². The first-order valence-electron chi connectivity index (χ1n) is 5.36. The van der Waals surface area contributed by atoms with Crippen molar-refractivity contribution >= 4 is 17.7 Å². The van der Waals surface area contributed by atoms with E-state index in [-0.39, 0.29) is 5.97 Å². The van der Waals surface area contributed by atoms with Gasteiger partial charge in [-0.25, -0.2) is 4.79 Å². The fourth-order valence-electron chi connectivity index (χ4n) is 1.56. The van der Waals surface area contributed by atoms with Crippen molar-refractivity contribution in [2.75, 3.05) is 37.7 Å². The molecule has 4 nitrogen and oxygen atoms in total. The summed E-state index contributed by atoms with van der Waals surface area (Å²) in [5, 5.41) is 0. The van der Waals surface area contributed by atoms with Crippen LogP contribution in [-0.2, 0) is 4.74 Å². The van der Waals surface area contributed by atoms with Crippen LogP contribution in [0.3, 0.4) is 0 Å². The molecule has 0 bridgehead atoms. The van der Waals surface area contributed by atoms with Gasteiger partial charge >= 0.3 is 5.97 Å². The number of esters is 1. The summed E-state index contributed by atoms with van der Waals surface area (Å²) < 4.78 is 9.96. The van der Waals surface area contributed by atoms with Crippen molar-refractivity contribution in [1.29, 1.82) is 0 Å². The zero-order chi connectivity index (χ0) is 11.2. The smallest absolute Gasteiger partial charge is 0.341 e. The Morgan fingerprint density at radius 1 is 1.50 bits per heavy atom.